The smallest absolute Gasteiger partial charge is 0.120 e. The van der Waals surface area contributed by atoms with Gasteiger partial charge in [-0.3, -0.25) is 0 Å². The van der Waals surface area contributed by atoms with Crippen LogP contribution in [-0.2, 0) is 4.79 Å². The molecule has 0 spiro atoms. The van der Waals surface area contributed by atoms with E-state index in [-0.39, 0.29) is 5.41 Å². The van der Waals surface area contributed by atoms with Crippen molar-refractivity contribution in [3.8, 4) is 0 Å². The van der Waals surface area contributed by atoms with Crippen LogP contribution in [0.1, 0.15) is 46.5 Å². The SMILES string of the molecule is C=C[C@@]1(CCC=O)C[C@@H]2[C@@H](C=C(C)C2(C)C)C1. The summed E-state index contributed by atoms with van der Waals surface area (Å²) in [6.45, 7) is 11.0. The first-order chi connectivity index (χ1) is 7.95. The number of aldehydes is 1. The van der Waals surface area contributed by atoms with Crippen LogP contribution in [0.15, 0.2) is 24.3 Å². The van der Waals surface area contributed by atoms with Crippen LogP contribution < -0.4 is 0 Å². The van der Waals surface area contributed by atoms with Crippen molar-refractivity contribution in [2.24, 2.45) is 22.7 Å². The first kappa shape index (κ1) is 12.6. The molecule has 17 heavy (non-hydrogen) atoms. The van der Waals surface area contributed by atoms with Gasteiger partial charge in [-0.1, -0.05) is 31.6 Å². The third kappa shape index (κ3) is 1.90. The molecule has 0 amide bonds. The Morgan fingerprint density at radius 2 is 2.18 bits per heavy atom. The lowest BCUT2D eigenvalue weighted by Crippen LogP contribution is -2.23. The van der Waals surface area contributed by atoms with Gasteiger partial charge in [-0.2, -0.15) is 0 Å². The second kappa shape index (κ2) is 4.12. The van der Waals surface area contributed by atoms with E-state index in [4.69, 9.17) is 0 Å². The molecule has 2 aliphatic carbocycles. The van der Waals surface area contributed by atoms with Gasteiger partial charge in [-0.15, -0.1) is 6.58 Å². The molecule has 0 aromatic rings. The van der Waals surface area contributed by atoms with Crippen molar-refractivity contribution in [2.75, 3.05) is 0 Å². The average Bonchev–Trinajstić information content (AvgIpc) is 2.74. The molecule has 3 atom stereocenters. The summed E-state index contributed by atoms with van der Waals surface area (Å²) < 4.78 is 0. The molecule has 1 saturated carbocycles. The van der Waals surface area contributed by atoms with E-state index in [1.54, 1.807) is 5.57 Å². The maximum atomic E-state index is 10.6. The van der Waals surface area contributed by atoms with Crippen LogP contribution in [0.4, 0.5) is 0 Å². The van der Waals surface area contributed by atoms with E-state index in [9.17, 15) is 4.79 Å². The zero-order valence-electron chi connectivity index (χ0n) is 11.3. The Balaban J connectivity index is 2.19. The van der Waals surface area contributed by atoms with Crippen LogP contribution in [0.3, 0.4) is 0 Å². The molecule has 1 fully saturated rings. The summed E-state index contributed by atoms with van der Waals surface area (Å²) in [6, 6.07) is 0. The lowest BCUT2D eigenvalue weighted by molar-refractivity contribution is -0.108. The van der Waals surface area contributed by atoms with Crippen molar-refractivity contribution in [1.82, 2.24) is 0 Å². The van der Waals surface area contributed by atoms with Gasteiger partial charge in [-0.05, 0) is 48.9 Å². The summed E-state index contributed by atoms with van der Waals surface area (Å²) in [4.78, 5) is 10.6. The van der Waals surface area contributed by atoms with Gasteiger partial charge in [0.1, 0.15) is 6.29 Å². The largest absolute Gasteiger partial charge is 0.303 e. The summed E-state index contributed by atoms with van der Waals surface area (Å²) in [5.41, 5.74) is 2.09. The normalized spacial score (nSPS) is 38.6. The van der Waals surface area contributed by atoms with Crippen molar-refractivity contribution in [1.29, 1.82) is 0 Å². The molecule has 2 aliphatic rings. The van der Waals surface area contributed by atoms with Gasteiger partial charge < -0.3 is 4.79 Å². The van der Waals surface area contributed by atoms with Crippen molar-refractivity contribution >= 4 is 6.29 Å². The van der Waals surface area contributed by atoms with Gasteiger partial charge in [0.15, 0.2) is 0 Å². The Kier molecular flexibility index (Phi) is 3.05. The maximum Gasteiger partial charge on any atom is 0.120 e. The minimum Gasteiger partial charge on any atom is -0.303 e. The molecule has 0 aromatic carbocycles. The van der Waals surface area contributed by atoms with E-state index in [1.165, 1.54) is 12.8 Å². The Bertz CT molecular complexity index is 364. The van der Waals surface area contributed by atoms with Crippen molar-refractivity contribution in [3.05, 3.63) is 24.3 Å². The lowest BCUT2D eigenvalue weighted by atomic mass is 9.72. The van der Waals surface area contributed by atoms with E-state index in [0.717, 1.165) is 18.6 Å². The highest BCUT2D eigenvalue weighted by Crippen LogP contribution is 2.60. The summed E-state index contributed by atoms with van der Waals surface area (Å²) in [6.07, 6.45) is 9.69. The number of carbonyl (C=O) groups excluding carboxylic acids is 1. The predicted octanol–water partition coefficient (Wildman–Crippen LogP) is 4.15. The van der Waals surface area contributed by atoms with E-state index in [2.05, 4.69) is 39.5 Å². The van der Waals surface area contributed by atoms with Crippen LogP contribution in [0.2, 0.25) is 0 Å². The summed E-state index contributed by atoms with van der Waals surface area (Å²) in [7, 11) is 0. The number of hydrogen-bond donors (Lipinski definition) is 0. The molecular weight excluding hydrogens is 208 g/mol. The molecular formula is C16H24O. The van der Waals surface area contributed by atoms with Crippen LogP contribution >= 0.6 is 0 Å². The molecule has 2 rings (SSSR count). The van der Waals surface area contributed by atoms with E-state index >= 15 is 0 Å². The Morgan fingerprint density at radius 3 is 2.71 bits per heavy atom. The molecule has 0 heterocycles. The topological polar surface area (TPSA) is 17.1 Å². The fourth-order valence-corrected chi connectivity index (χ4v) is 3.90. The molecule has 1 nitrogen and oxygen atoms in total. The summed E-state index contributed by atoms with van der Waals surface area (Å²) >= 11 is 0. The highest BCUT2D eigenvalue weighted by molar-refractivity contribution is 5.49. The Morgan fingerprint density at radius 1 is 1.47 bits per heavy atom. The highest BCUT2D eigenvalue weighted by atomic mass is 16.1. The molecule has 0 N–H and O–H groups in total. The first-order valence-electron chi connectivity index (χ1n) is 6.71. The van der Waals surface area contributed by atoms with Crippen LogP contribution in [-0.4, -0.2) is 6.29 Å². The minimum absolute atomic E-state index is 0.213. The van der Waals surface area contributed by atoms with Crippen LogP contribution in [0.5, 0.6) is 0 Å². The lowest BCUT2D eigenvalue weighted by Gasteiger charge is -2.32. The van der Waals surface area contributed by atoms with Gasteiger partial charge in [0.2, 0.25) is 0 Å². The number of carbonyl (C=O) groups is 1. The highest BCUT2D eigenvalue weighted by Gasteiger charge is 2.51. The van der Waals surface area contributed by atoms with E-state index in [0.29, 0.717) is 17.8 Å². The number of fused-ring (bicyclic) bond motifs is 1. The van der Waals surface area contributed by atoms with Crippen molar-refractivity contribution < 1.29 is 4.79 Å². The molecule has 0 aromatic heterocycles. The Hall–Kier alpha value is -0.850. The van der Waals surface area contributed by atoms with Crippen molar-refractivity contribution in [2.45, 2.75) is 46.5 Å². The third-order valence-corrected chi connectivity index (χ3v) is 5.39. The number of allylic oxidation sites excluding steroid dienone is 3. The van der Waals surface area contributed by atoms with Gasteiger partial charge in [0.25, 0.3) is 0 Å². The molecule has 0 bridgehead atoms. The minimum atomic E-state index is 0.213. The van der Waals surface area contributed by atoms with Gasteiger partial charge in [0, 0.05) is 6.42 Å². The molecule has 1 heteroatoms. The van der Waals surface area contributed by atoms with Crippen LogP contribution in [0.25, 0.3) is 0 Å². The second-order valence-electron chi connectivity index (χ2n) is 6.52. The van der Waals surface area contributed by atoms with Gasteiger partial charge >= 0.3 is 0 Å². The summed E-state index contributed by atoms with van der Waals surface area (Å²) in [5.74, 6) is 1.45. The Labute approximate surface area is 105 Å². The number of hydrogen-bond acceptors (Lipinski definition) is 1. The second-order valence-corrected chi connectivity index (χ2v) is 6.52. The van der Waals surface area contributed by atoms with Gasteiger partial charge in [0.05, 0.1) is 0 Å². The van der Waals surface area contributed by atoms with Gasteiger partial charge in [-0.25, -0.2) is 0 Å². The molecule has 0 saturated heterocycles. The fraction of sp³-hybridized carbons (Fsp3) is 0.688. The third-order valence-electron chi connectivity index (χ3n) is 5.39. The fourth-order valence-electron chi connectivity index (χ4n) is 3.90. The van der Waals surface area contributed by atoms with Crippen LogP contribution in [0, 0.1) is 22.7 Å². The zero-order chi connectivity index (χ0) is 12.7. The monoisotopic (exact) mass is 232 g/mol. The standard InChI is InChI=1S/C16H24O/c1-5-16(7-6-8-17)10-13-9-12(2)15(3,4)14(13)11-16/h5,8-9,13-14H,1,6-7,10-11H2,2-4H3/t13-,14+,16-/m0/s1. The average molecular weight is 232 g/mol. The zero-order valence-corrected chi connectivity index (χ0v) is 11.3. The quantitative estimate of drug-likeness (QED) is 0.525. The molecule has 0 aliphatic heterocycles. The van der Waals surface area contributed by atoms with E-state index in [1.807, 2.05) is 0 Å². The number of rotatable bonds is 4. The molecule has 0 radical (unpaired) electrons. The molecule has 0 unspecified atom stereocenters. The van der Waals surface area contributed by atoms with E-state index < -0.39 is 0 Å². The molecule has 94 valence electrons. The maximum absolute atomic E-state index is 10.6. The summed E-state index contributed by atoms with van der Waals surface area (Å²) in [5, 5.41) is 0. The van der Waals surface area contributed by atoms with Crippen molar-refractivity contribution in [3.63, 3.8) is 0 Å². The first-order valence-corrected chi connectivity index (χ1v) is 6.71. The predicted molar refractivity (Wildman–Crippen MR) is 71.7 cm³/mol.